The van der Waals surface area contributed by atoms with Gasteiger partial charge in [-0.25, -0.2) is 4.98 Å². The Bertz CT molecular complexity index is 844. The molecule has 2 atom stereocenters. The standard InChI is InChI=1S/C20H24N2O3S/c1-11-8-9-14(10-12(11)2)17-13(3)26-20(21-17)22-18(23)15-6-4-5-7-16(15)19(24)25/h8-10,15-16H,4-7H2,1-3H3,(H,24,25)(H,21,22,23). The molecule has 1 heterocycles. The van der Waals surface area contributed by atoms with Gasteiger partial charge in [-0.3, -0.25) is 9.59 Å². The van der Waals surface area contributed by atoms with Crippen molar-refractivity contribution in [2.45, 2.75) is 46.5 Å². The molecule has 1 amide bonds. The number of aliphatic carboxylic acids is 1. The van der Waals surface area contributed by atoms with Crippen LogP contribution in [0.4, 0.5) is 5.13 Å². The average Bonchev–Trinajstić information content (AvgIpc) is 2.97. The maximum absolute atomic E-state index is 12.6. The molecule has 0 radical (unpaired) electrons. The molecule has 2 N–H and O–H groups in total. The van der Waals surface area contributed by atoms with Gasteiger partial charge in [-0.15, -0.1) is 11.3 Å². The molecular formula is C20H24N2O3S. The first-order valence-electron chi connectivity index (χ1n) is 8.95. The molecule has 2 aromatic rings. The van der Waals surface area contributed by atoms with Crippen molar-refractivity contribution in [1.29, 1.82) is 0 Å². The lowest BCUT2D eigenvalue weighted by Gasteiger charge is -2.26. The monoisotopic (exact) mass is 372 g/mol. The van der Waals surface area contributed by atoms with Gasteiger partial charge in [0.05, 0.1) is 17.5 Å². The number of aromatic nitrogens is 1. The molecule has 1 aromatic heterocycles. The van der Waals surface area contributed by atoms with Crippen LogP contribution in [0.2, 0.25) is 0 Å². The Labute approximate surface area is 157 Å². The van der Waals surface area contributed by atoms with Gasteiger partial charge in [0.2, 0.25) is 5.91 Å². The second-order valence-electron chi connectivity index (χ2n) is 7.05. The second-order valence-corrected chi connectivity index (χ2v) is 8.25. The van der Waals surface area contributed by atoms with E-state index in [4.69, 9.17) is 0 Å². The first-order chi connectivity index (χ1) is 12.4. The fraction of sp³-hybridized carbons (Fsp3) is 0.450. The van der Waals surface area contributed by atoms with Gasteiger partial charge in [-0.05, 0) is 50.8 Å². The van der Waals surface area contributed by atoms with Crippen molar-refractivity contribution in [3.8, 4) is 11.3 Å². The maximum Gasteiger partial charge on any atom is 0.307 e. The lowest BCUT2D eigenvalue weighted by molar-refractivity contribution is -0.147. The van der Waals surface area contributed by atoms with E-state index in [0.717, 1.165) is 29.0 Å². The number of amides is 1. The topological polar surface area (TPSA) is 79.3 Å². The van der Waals surface area contributed by atoms with Crippen molar-refractivity contribution >= 4 is 28.3 Å². The minimum absolute atomic E-state index is 0.225. The number of carbonyl (C=O) groups is 2. The van der Waals surface area contributed by atoms with E-state index in [1.165, 1.54) is 22.5 Å². The average molecular weight is 372 g/mol. The molecule has 1 saturated carbocycles. The van der Waals surface area contributed by atoms with Crippen LogP contribution >= 0.6 is 11.3 Å². The Morgan fingerprint density at radius 3 is 2.46 bits per heavy atom. The van der Waals surface area contributed by atoms with Crippen LogP contribution in [-0.2, 0) is 9.59 Å². The van der Waals surface area contributed by atoms with E-state index < -0.39 is 17.8 Å². The van der Waals surface area contributed by atoms with Crippen LogP contribution in [-0.4, -0.2) is 22.0 Å². The number of aryl methyl sites for hydroxylation is 3. The fourth-order valence-electron chi connectivity index (χ4n) is 3.54. The van der Waals surface area contributed by atoms with E-state index in [1.54, 1.807) is 0 Å². The van der Waals surface area contributed by atoms with E-state index in [2.05, 4.69) is 36.3 Å². The summed E-state index contributed by atoms with van der Waals surface area (Å²) < 4.78 is 0. The molecule has 1 aliphatic rings. The molecule has 1 fully saturated rings. The van der Waals surface area contributed by atoms with Gasteiger partial charge in [-0.1, -0.05) is 25.0 Å². The molecule has 2 unspecified atom stereocenters. The highest BCUT2D eigenvalue weighted by Crippen LogP contribution is 2.34. The van der Waals surface area contributed by atoms with E-state index in [1.807, 2.05) is 13.0 Å². The van der Waals surface area contributed by atoms with Crippen molar-refractivity contribution in [3.05, 3.63) is 34.2 Å². The van der Waals surface area contributed by atoms with Crippen molar-refractivity contribution in [2.75, 3.05) is 5.32 Å². The summed E-state index contributed by atoms with van der Waals surface area (Å²) in [5.41, 5.74) is 4.33. The highest BCUT2D eigenvalue weighted by atomic mass is 32.1. The molecule has 0 aliphatic heterocycles. The summed E-state index contributed by atoms with van der Waals surface area (Å²) in [4.78, 5) is 29.7. The quantitative estimate of drug-likeness (QED) is 0.824. The first kappa shape index (κ1) is 18.6. The van der Waals surface area contributed by atoms with E-state index in [9.17, 15) is 14.7 Å². The predicted molar refractivity (Wildman–Crippen MR) is 103 cm³/mol. The Balaban J connectivity index is 1.79. The molecule has 6 heteroatoms. The summed E-state index contributed by atoms with van der Waals surface area (Å²) in [7, 11) is 0. The third-order valence-corrected chi connectivity index (χ3v) is 6.11. The number of thiazole rings is 1. The van der Waals surface area contributed by atoms with Gasteiger partial charge in [0.1, 0.15) is 0 Å². The van der Waals surface area contributed by atoms with Crippen LogP contribution < -0.4 is 5.32 Å². The fourth-order valence-corrected chi connectivity index (χ4v) is 4.38. The predicted octanol–water partition coefficient (Wildman–Crippen LogP) is 4.56. The summed E-state index contributed by atoms with van der Waals surface area (Å²) in [6.45, 7) is 6.12. The third-order valence-electron chi connectivity index (χ3n) is 5.23. The Kier molecular flexibility index (Phi) is 5.41. The van der Waals surface area contributed by atoms with Crippen LogP contribution in [0.3, 0.4) is 0 Å². The van der Waals surface area contributed by atoms with E-state index in [0.29, 0.717) is 18.0 Å². The van der Waals surface area contributed by atoms with Crippen LogP contribution in [0.15, 0.2) is 18.2 Å². The van der Waals surface area contributed by atoms with Gasteiger partial charge in [-0.2, -0.15) is 0 Å². The number of nitrogens with one attached hydrogen (secondary N) is 1. The number of carbonyl (C=O) groups excluding carboxylic acids is 1. The second kappa shape index (κ2) is 7.58. The van der Waals surface area contributed by atoms with Crippen molar-refractivity contribution in [1.82, 2.24) is 4.98 Å². The number of carboxylic acid groups (broad SMARTS) is 1. The smallest absolute Gasteiger partial charge is 0.307 e. The number of nitrogens with zero attached hydrogens (tertiary/aromatic N) is 1. The summed E-state index contributed by atoms with van der Waals surface area (Å²) in [5.74, 6) is -2.17. The number of hydrogen-bond acceptors (Lipinski definition) is 4. The van der Waals surface area contributed by atoms with Crippen LogP contribution in [0.5, 0.6) is 0 Å². The van der Waals surface area contributed by atoms with Gasteiger partial charge in [0, 0.05) is 10.4 Å². The minimum atomic E-state index is -0.879. The molecule has 1 aliphatic carbocycles. The Morgan fingerprint density at radius 2 is 1.81 bits per heavy atom. The van der Waals surface area contributed by atoms with Gasteiger partial charge < -0.3 is 10.4 Å². The van der Waals surface area contributed by atoms with Gasteiger partial charge in [0.15, 0.2) is 5.13 Å². The summed E-state index contributed by atoms with van der Waals surface area (Å²) in [6, 6.07) is 6.21. The van der Waals surface area contributed by atoms with Crippen LogP contribution in [0.25, 0.3) is 11.3 Å². The zero-order valence-corrected chi connectivity index (χ0v) is 16.2. The van der Waals surface area contributed by atoms with Crippen molar-refractivity contribution < 1.29 is 14.7 Å². The number of carboxylic acids is 1. The lowest BCUT2D eigenvalue weighted by Crippen LogP contribution is -2.36. The first-order valence-corrected chi connectivity index (χ1v) is 9.77. The van der Waals surface area contributed by atoms with Crippen molar-refractivity contribution in [3.63, 3.8) is 0 Å². The van der Waals surface area contributed by atoms with Gasteiger partial charge >= 0.3 is 5.97 Å². The Morgan fingerprint density at radius 1 is 1.12 bits per heavy atom. The Hall–Kier alpha value is -2.21. The zero-order chi connectivity index (χ0) is 18.8. The normalized spacial score (nSPS) is 20.0. The lowest BCUT2D eigenvalue weighted by atomic mass is 9.79. The SMILES string of the molecule is Cc1ccc(-c2nc(NC(=O)C3CCCCC3C(=O)O)sc2C)cc1C. The number of rotatable bonds is 4. The highest BCUT2D eigenvalue weighted by Gasteiger charge is 2.36. The van der Waals surface area contributed by atoms with Crippen LogP contribution in [0, 0.1) is 32.6 Å². The summed E-state index contributed by atoms with van der Waals surface area (Å²) >= 11 is 1.43. The van der Waals surface area contributed by atoms with Crippen molar-refractivity contribution in [2.24, 2.45) is 11.8 Å². The minimum Gasteiger partial charge on any atom is -0.481 e. The number of hydrogen-bond donors (Lipinski definition) is 2. The van der Waals surface area contributed by atoms with Crippen LogP contribution in [0.1, 0.15) is 41.7 Å². The van der Waals surface area contributed by atoms with Gasteiger partial charge in [0.25, 0.3) is 0 Å². The number of anilines is 1. The van der Waals surface area contributed by atoms with E-state index in [-0.39, 0.29) is 5.91 Å². The molecule has 0 saturated heterocycles. The molecule has 3 rings (SSSR count). The third kappa shape index (κ3) is 3.80. The molecular weight excluding hydrogens is 348 g/mol. The summed E-state index contributed by atoms with van der Waals surface area (Å²) in [6.07, 6.45) is 2.95. The molecule has 1 aromatic carbocycles. The largest absolute Gasteiger partial charge is 0.481 e. The zero-order valence-electron chi connectivity index (χ0n) is 15.3. The molecule has 5 nitrogen and oxygen atoms in total. The molecule has 0 spiro atoms. The maximum atomic E-state index is 12.6. The van der Waals surface area contributed by atoms with E-state index >= 15 is 0 Å². The molecule has 138 valence electrons. The number of benzene rings is 1. The summed E-state index contributed by atoms with van der Waals surface area (Å²) in [5, 5.41) is 12.8. The molecule has 0 bridgehead atoms. The molecule has 26 heavy (non-hydrogen) atoms. The highest BCUT2D eigenvalue weighted by molar-refractivity contribution is 7.16.